The van der Waals surface area contributed by atoms with Crippen molar-refractivity contribution >= 4 is 23.3 Å². The zero-order valence-electron chi connectivity index (χ0n) is 23.1. The highest BCUT2D eigenvalue weighted by Crippen LogP contribution is 2.36. The van der Waals surface area contributed by atoms with Crippen LogP contribution in [-0.2, 0) is 4.79 Å². The van der Waals surface area contributed by atoms with Crippen LogP contribution in [0.15, 0.2) is 30.6 Å². The Balaban J connectivity index is 0.00000298. The molecule has 0 aliphatic heterocycles. The molecule has 1 heterocycles. The summed E-state index contributed by atoms with van der Waals surface area (Å²) in [6.07, 6.45) is 11.8. The predicted molar refractivity (Wildman–Crippen MR) is 149 cm³/mol. The van der Waals surface area contributed by atoms with Gasteiger partial charge in [0.15, 0.2) is 0 Å². The smallest absolute Gasteiger partial charge is 0.316 e. The maximum Gasteiger partial charge on any atom is 0.316 e. The molecule has 2 aromatic rings. The van der Waals surface area contributed by atoms with Crippen LogP contribution in [0.5, 0.6) is 6.01 Å². The fraction of sp³-hybridized carbons (Fsp3) is 0.621. The number of nitrogens with zero attached hydrogens (tertiary/aromatic N) is 3. The molecule has 0 saturated heterocycles. The summed E-state index contributed by atoms with van der Waals surface area (Å²) >= 11 is 0. The van der Waals surface area contributed by atoms with Gasteiger partial charge in [-0.15, -0.1) is 0 Å². The SMILES string of the molecule is CC.CCCC(CCC)N(CCC)c1ccc(C(CC)CC=O)cc1Nc1cnc(OCC)nc1. The standard InChI is InChI=1S/C27H42N4O2.C2H6/c1-6-11-24(12-7-2)31(16-8-3)26-14-13-22(21(9-4)15-17-32)18-25(26)30-23-19-28-27(29-20-23)33-10-5;1-2/h13-14,17-21,24,30H,6-12,15-16H2,1-5H3;1-2H3. The van der Waals surface area contributed by atoms with E-state index >= 15 is 0 Å². The van der Waals surface area contributed by atoms with Gasteiger partial charge >= 0.3 is 6.01 Å². The third-order valence-electron chi connectivity index (χ3n) is 6.00. The van der Waals surface area contributed by atoms with Gasteiger partial charge in [0.1, 0.15) is 6.29 Å². The number of ether oxygens (including phenoxy) is 1. The van der Waals surface area contributed by atoms with E-state index in [1.54, 1.807) is 12.4 Å². The van der Waals surface area contributed by atoms with Crippen molar-refractivity contribution in [3.63, 3.8) is 0 Å². The van der Waals surface area contributed by atoms with E-state index < -0.39 is 0 Å². The first-order valence-corrected chi connectivity index (χ1v) is 13.7. The maximum atomic E-state index is 11.2. The van der Waals surface area contributed by atoms with Crippen molar-refractivity contribution in [1.82, 2.24) is 9.97 Å². The van der Waals surface area contributed by atoms with Gasteiger partial charge in [0.25, 0.3) is 0 Å². The number of nitrogens with one attached hydrogen (secondary N) is 1. The number of benzene rings is 1. The van der Waals surface area contributed by atoms with Crippen molar-refractivity contribution in [3.05, 3.63) is 36.2 Å². The van der Waals surface area contributed by atoms with Gasteiger partial charge in [-0.05, 0) is 56.2 Å². The van der Waals surface area contributed by atoms with Crippen LogP contribution >= 0.6 is 0 Å². The quantitative estimate of drug-likeness (QED) is 0.244. The number of anilines is 3. The molecule has 1 aromatic heterocycles. The molecule has 1 N–H and O–H groups in total. The van der Waals surface area contributed by atoms with Crippen molar-refractivity contribution in [2.75, 3.05) is 23.4 Å². The summed E-state index contributed by atoms with van der Waals surface area (Å²) in [6.45, 7) is 16.4. The number of rotatable bonds is 16. The van der Waals surface area contributed by atoms with Gasteiger partial charge in [0, 0.05) is 19.0 Å². The van der Waals surface area contributed by atoms with Crippen molar-refractivity contribution in [3.8, 4) is 6.01 Å². The number of aromatic nitrogens is 2. The minimum Gasteiger partial charge on any atom is -0.464 e. The summed E-state index contributed by atoms with van der Waals surface area (Å²) in [5.41, 5.74) is 4.23. The van der Waals surface area contributed by atoms with Crippen molar-refractivity contribution in [2.24, 2.45) is 0 Å². The number of aldehydes is 1. The molecule has 6 nitrogen and oxygen atoms in total. The highest BCUT2D eigenvalue weighted by Gasteiger charge is 2.21. The van der Waals surface area contributed by atoms with Crippen molar-refractivity contribution in [1.29, 1.82) is 0 Å². The Hall–Kier alpha value is -2.63. The Morgan fingerprint density at radius 1 is 1.00 bits per heavy atom. The molecule has 0 fully saturated rings. The molecule has 0 saturated carbocycles. The zero-order valence-corrected chi connectivity index (χ0v) is 23.1. The van der Waals surface area contributed by atoms with E-state index in [1.807, 2.05) is 20.8 Å². The molecule has 0 spiro atoms. The lowest BCUT2D eigenvalue weighted by atomic mass is 9.92. The molecule has 2 rings (SSSR count). The summed E-state index contributed by atoms with van der Waals surface area (Å²) in [5, 5.41) is 3.57. The number of carbonyl (C=O) groups is 1. The fourth-order valence-electron chi connectivity index (χ4n) is 4.42. The minimum absolute atomic E-state index is 0.218. The van der Waals surface area contributed by atoms with Crippen LogP contribution in [0.3, 0.4) is 0 Å². The molecule has 0 aliphatic carbocycles. The van der Waals surface area contributed by atoms with Crippen LogP contribution in [-0.4, -0.2) is 35.4 Å². The molecule has 0 radical (unpaired) electrons. The van der Waals surface area contributed by atoms with E-state index in [0.29, 0.717) is 25.1 Å². The molecule has 0 amide bonds. The number of hydrogen-bond donors (Lipinski definition) is 1. The van der Waals surface area contributed by atoms with Crippen molar-refractivity contribution in [2.45, 2.75) is 105 Å². The molecule has 35 heavy (non-hydrogen) atoms. The molecule has 0 bridgehead atoms. The molecule has 1 atom stereocenters. The zero-order chi connectivity index (χ0) is 26.1. The predicted octanol–water partition coefficient (Wildman–Crippen LogP) is 7.91. The average molecular weight is 485 g/mol. The van der Waals surface area contributed by atoms with Gasteiger partial charge in [-0.3, -0.25) is 0 Å². The lowest BCUT2D eigenvalue weighted by Crippen LogP contribution is -2.36. The topological polar surface area (TPSA) is 67.4 Å². The molecule has 1 unspecified atom stereocenters. The first-order valence-electron chi connectivity index (χ1n) is 13.7. The van der Waals surface area contributed by atoms with Gasteiger partial charge < -0.3 is 19.7 Å². The Kier molecular flexibility index (Phi) is 15.4. The van der Waals surface area contributed by atoms with Crippen LogP contribution in [0.1, 0.15) is 105 Å². The van der Waals surface area contributed by atoms with Crippen molar-refractivity contribution < 1.29 is 9.53 Å². The summed E-state index contributed by atoms with van der Waals surface area (Å²) in [6, 6.07) is 7.52. The molecule has 6 heteroatoms. The van der Waals surface area contributed by atoms with Gasteiger partial charge in [0.2, 0.25) is 0 Å². The summed E-state index contributed by atoms with van der Waals surface area (Å²) in [7, 11) is 0. The highest BCUT2D eigenvalue weighted by atomic mass is 16.5. The second-order valence-electron chi connectivity index (χ2n) is 8.52. The molecule has 1 aromatic carbocycles. The number of carbonyl (C=O) groups excluding carboxylic acids is 1. The normalized spacial score (nSPS) is 11.4. The third kappa shape index (κ3) is 9.50. The van der Waals surface area contributed by atoms with Gasteiger partial charge in [-0.25, -0.2) is 9.97 Å². The van der Waals surface area contributed by atoms with Gasteiger partial charge in [-0.2, -0.15) is 0 Å². The number of hydrogen-bond acceptors (Lipinski definition) is 6. The van der Waals surface area contributed by atoms with E-state index in [0.717, 1.165) is 49.9 Å². The maximum absolute atomic E-state index is 11.2. The fourth-order valence-corrected chi connectivity index (χ4v) is 4.42. The van der Waals surface area contributed by atoms with E-state index in [4.69, 9.17) is 4.74 Å². The van der Waals surface area contributed by atoms with E-state index in [9.17, 15) is 4.79 Å². The largest absolute Gasteiger partial charge is 0.464 e. The van der Waals surface area contributed by atoms with E-state index in [2.05, 4.69) is 66.1 Å². The van der Waals surface area contributed by atoms with E-state index in [-0.39, 0.29) is 5.92 Å². The molecular weight excluding hydrogens is 436 g/mol. The van der Waals surface area contributed by atoms with Crippen LogP contribution in [0.2, 0.25) is 0 Å². The Labute approximate surface area is 213 Å². The summed E-state index contributed by atoms with van der Waals surface area (Å²) in [4.78, 5) is 22.4. The van der Waals surface area contributed by atoms with Crippen LogP contribution in [0.4, 0.5) is 17.1 Å². The van der Waals surface area contributed by atoms with Crippen LogP contribution in [0, 0.1) is 0 Å². The van der Waals surface area contributed by atoms with Gasteiger partial charge in [0.05, 0.1) is 36.1 Å². The Morgan fingerprint density at radius 2 is 1.66 bits per heavy atom. The minimum atomic E-state index is 0.218. The first kappa shape index (κ1) is 30.4. The van der Waals surface area contributed by atoms with Crippen LogP contribution in [0.25, 0.3) is 0 Å². The Bertz CT molecular complexity index is 820. The Morgan fingerprint density at radius 3 is 2.17 bits per heavy atom. The average Bonchev–Trinajstić information content (AvgIpc) is 2.88. The van der Waals surface area contributed by atoms with Gasteiger partial charge in [-0.1, -0.05) is 60.5 Å². The second kappa shape index (κ2) is 17.8. The van der Waals surface area contributed by atoms with Crippen LogP contribution < -0.4 is 15.0 Å². The molecular formula is C29H48N4O2. The summed E-state index contributed by atoms with van der Waals surface area (Å²) in [5.74, 6) is 0.218. The molecule has 196 valence electrons. The lowest BCUT2D eigenvalue weighted by Gasteiger charge is -2.35. The first-order chi connectivity index (χ1) is 17.1. The lowest BCUT2D eigenvalue weighted by molar-refractivity contribution is -0.108. The third-order valence-corrected chi connectivity index (χ3v) is 6.00. The monoisotopic (exact) mass is 484 g/mol. The highest BCUT2D eigenvalue weighted by molar-refractivity contribution is 5.76. The van der Waals surface area contributed by atoms with E-state index in [1.165, 1.54) is 24.1 Å². The molecule has 0 aliphatic rings. The second-order valence-corrected chi connectivity index (χ2v) is 8.52. The summed E-state index contributed by atoms with van der Waals surface area (Å²) < 4.78 is 5.39.